The Balaban J connectivity index is 4.17. The lowest BCUT2D eigenvalue weighted by Crippen LogP contribution is -2.35. The van der Waals surface area contributed by atoms with Crippen molar-refractivity contribution in [2.24, 2.45) is 0 Å². The van der Waals surface area contributed by atoms with E-state index < -0.39 is 15.1 Å². The second-order valence-corrected chi connectivity index (χ2v) is 4.23. The smallest absolute Gasteiger partial charge is 0.379 e. The summed E-state index contributed by atoms with van der Waals surface area (Å²) < 4.78 is 15.5. The van der Waals surface area contributed by atoms with Crippen LogP contribution in [0.3, 0.4) is 0 Å². The van der Waals surface area contributed by atoms with Crippen LogP contribution in [0.25, 0.3) is 0 Å². The summed E-state index contributed by atoms with van der Waals surface area (Å²) in [6.07, 6.45) is 3.33. The first-order valence-corrected chi connectivity index (χ1v) is 5.04. The van der Waals surface area contributed by atoms with Crippen LogP contribution in [0.1, 0.15) is 6.92 Å². The van der Waals surface area contributed by atoms with Crippen molar-refractivity contribution in [2.75, 3.05) is 14.2 Å². The Morgan fingerprint density at radius 2 is 1.58 bits per heavy atom. The van der Waals surface area contributed by atoms with E-state index in [1.807, 2.05) is 6.92 Å². The molecule has 70 valence electrons. The van der Waals surface area contributed by atoms with Crippen LogP contribution in [-0.4, -0.2) is 29.3 Å². The summed E-state index contributed by atoms with van der Waals surface area (Å²) in [6, 6.07) is 0. The summed E-state index contributed by atoms with van der Waals surface area (Å²) in [5, 5.41) is 0. The number of hydrogen-bond donors (Lipinski definition) is 0. The van der Waals surface area contributed by atoms with Gasteiger partial charge >= 0.3 is 9.53 Å². The van der Waals surface area contributed by atoms with E-state index >= 15 is 0 Å². The molecule has 0 aliphatic heterocycles. The topological polar surface area (TPSA) is 27.7 Å². The quantitative estimate of drug-likeness (QED) is 0.462. The summed E-state index contributed by atoms with van der Waals surface area (Å²) in [5.41, 5.74) is -0.553. The van der Waals surface area contributed by atoms with Crippen LogP contribution in [0.5, 0.6) is 0 Å². The zero-order valence-corrected chi connectivity index (χ0v) is 9.03. The molecule has 3 nitrogen and oxygen atoms in total. The van der Waals surface area contributed by atoms with E-state index in [-0.39, 0.29) is 0 Å². The van der Waals surface area contributed by atoms with Gasteiger partial charge < -0.3 is 13.3 Å². The fourth-order valence-electron chi connectivity index (χ4n) is 0.579. The minimum Gasteiger partial charge on any atom is -0.379 e. The van der Waals surface area contributed by atoms with Crippen molar-refractivity contribution in [3.05, 3.63) is 25.3 Å². The van der Waals surface area contributed by atoms with Gasteiger partial charge in [-0.3, -0.25) is 0 Å². The van der Waals surface area contributed by atoms with Crippen molar-refractivity contribution in [3.63, 3.8) is 0 Å². The van der Waals surface area contributed by atoms with Gasteiger partial charge in [-0.2, -0.15) is 0 Å². The van der Waals surface area contributed by atoms with E-state index in [0.717, 1.165) is 0 Å². The Morgan fingerprint density at radius 1 is 1.17 bits per heavy atom. The van der Waals surface area contributed by atoms with Crippen LogP contribution >= 0.6 is 0 Å². The lowest BCUT2D eigenvalue weighted by Gasteiger charge is -2.25. The third-order valence-corrected chi connectivity index (χ3v) is 3.02. The van der Waals surface area contributed by atoms with E-state index in [4.69, 9.17) is 13.3 Å². The summed E-state index contributed by atoms with van der Waals surface area (Å²) in [5.74, 6) is 0. The van der Waals surface area contributed by atoms with Gasteiger partial charge in [0.05, 0.1) is 5.60 Å². The van der Waals surface area contributed by atoms with Crippen molar-refractivity contribution in [2.45, 2.75) is 12.5 Å². The highest BCUT2D eigenvalue weighted by Crippen LogP contribution is 2.14. The lowest BCUT2D eigenvalue weighted by atomic mass is 10.1. The second-order valence-electron chi connectivity index (χ2n) is 2.47. The first-order chi connectivity index (χ1) is 5.61. The molecule has 0 spiro atoms. The van der Waals surface area contributed by atoms with Crippen LogP contribution in [0.15, 0.2) is 25.3 Å². The molecule has 0 atom stereocenters. The molecular formula is C8H16O3Si. The van der Waals surface area contributed by atoms with Gasteiger partial charge in [0.1, 0.15) is 0 Å². The van der Waals surface area contributed by atoms with Gasteiger partial charge in [-0.1, -0.05) is 25.3 Å². The standard InChI is InChI=1S/C8H16O3Si/c1-6-8(3,7-2)11-12(9-4)10-5/h6-7,12H,1-2H2,3-5H3. The van der Waals surface area contributed by atoms with Crippen molar-refractivity contribution in [1.29, 1.82) is 0 Å². The van der Waals surface area contributed by atoms with Gasteiger partial charge in [0.2, 0.25) is 0 Å². The fraction of sp³-hybridized carbons (Fsp3) is 0.500. The molecule has 0 aromatic rings. The Kier molecular flexibility index (Phi) is 5.08. The van der Waals surface area contributed by atoms with E-state index in [2.05, 4.69) is 13.2 Å². The largest absolute Gasteiger partial charge is 0.484 e. The normalized spacial score (nSPS) is 11.7. The molecule has 12 heavy (non-hydrogen) atoms. The monoisotopic (exact) mass is 188 g/mol. The van der Waals surface area contributed by atoms with Gasteiger partial charge in [-0.25, -0.2) is 0 Å². The highest BCUT2D eigenvalue weighted by molar-refractivity contribution is 6.36. The highest BCUT2D eigenvalue weighted by Gasteiger charge is 2.24. The van der Waals surface area contributed by atoms with Crippen LogP contribution in [0.2, 0.25) is 0 Å². The Morgan fingerprint density at radius 3 is 1.83 bits per heavy atom. The molecule has 0 N–H and O–H groups in total. The molecular weight excluding hydrogens is 172 g/mol. The molecule has 0 aromatic heterocycles. The summed E-state index contributed by atoms with van der Waals surface area (Å²) >= 11 is 0. The summed E-state index contributed by atoms with van der Waals surface area (Å²) in [7, 11) is 1.13. The molecule has 0 aliphatic rings. The van der Waals surface area contributed by atoms with Gasteiger partial charge in [-0.05, 0) is 6.92 Å². The molecule has 0 bridgehead atoms. The predicted molar refractivity (Wildman–Crippen MR) is 51.1 cm³/mol. The molecule has 0 amide bonds. The van der Waals surface area contributed by atoms with Crippen LogP contribution in [0, 0.1) is 0 Å². The average molecular weight is 188 g/mol. The lowest BCUT2D eigenvalue weighted by molar-refractivity contribution is 0.0783. The van der Waals surface area contributed by atoms with Crippen molar-refractivity contribution in [1.82, 2.24) is 0 Å². The van der Waals surface area contributed by atoms with Gasteiger partial charge in [-0.15, -0.1) is 0 Å². The average Bonchev–Trinajstić information content (AvgIpc) is 2.14. The molecule has 0 saturated heterocycles. The first-order valence-electron chi connectivity index (χ1n) is 3.62. The van der Waals surface area contributed by atoms with Crippen LogP contribution in [-0.2, 0) is 13.3 Å². The molecule has 0 radical (unpaired) electrons. The Bertz CT molecular complexity index is 146. The number of hydrogen-bond acceptors (Lipinski definition) is 3. The predicted octanol–water partition coefficient (Wildman–Crippen LogP) is 1.14. The molecule has 0 saturated carbocycles. The summed E-state index contributed by atoms with van der Waals surface area (Å²) in [6.45, 7) is 9.13. The Labute approximate surface area is 75.6 Å². The maximum absolute atomic E-state index is 5.49. The van der Waals surface area contributed by atoms with Crippen LogP contribution < -0.4 is 0 Å². The van der Waals surface area contributed by atoms with Gasteiger partial charge in [0.25, 0.3) is 0 Å². The molecule has 0 aliphatic carbocycles. The van der Waals surface area contributed by atoms with Gasteiger partial charge in [0.15, 0.2) is 0 Å². The third kappa shape index (κ3) is 3.32. The van der Waals surface area contributed by atoms with E-state index in [9.17, 15) is 0 Å². The first kappa shape index (κ1) is 11.6. The molecule has 0 heterocycles. The summed E-state index contributed by atoms with van der Waals surface area (Å²) in [4.78, 5) is 0. The second kappa shape index (κ2) is 5.26. The maximum atomic E-state index is 5.49. The van der Waals surface area contributed by atoms with Crippen molar-refractivity contribution in [3.8, 4) is 0 Å². The SMILES string of the molecule is C=CC(C)(C=C)O[SiH](OC)OC. The zero-order chi connectivity index (χ0) is 9.61. The zero-order valence-electron chi connectivity index (χ0n) is 7.87. The maximum Gasteiger partial charge on any atom is 0.484 e. The Hall–Kier alpha value is -0.423. The van der Waals surface area contributed by atoms with Crippen LogP contribution in [0.4, 0.5) is 0 Å². The molecule has 4 heteroatoms. The minimum absolute atomic E-state index is 0.553. The molecule has 0 aromatic carbocycles. The van der Waals surface area contributed by atoms with Crippen molar-refractivity contribution >= 4 is 9.53 Å². The molecule has 0 rings (SSSR count). The van der Waals surface area contributed by atoms with Crippen molar-refractivity contribution < 1.29 is 13.3 Å². The third-order valence-electron chi connectivity index (χ3n) is 1.55. The van der Waals surface area contributed by atoms with E-state index in [1.54, 1.807) is 26.4 Å². The number of rotatable bonds is 6. The molecule has 0 unspecified atom stereocenters. The molecule has 0 fully saturated rings. The minimum atomic E-state index is -1.99. The highest BCUT2D eigenvalue weighted by atomic mass is 28.3. The van der Waals surface area contributed by atoms with Gasteiger partial charge in [0, 0.05) is 14.2 Å². The van der Waals surface area contributed by atoms with E-state index in [1.165, 1.54) is 0 Å². The van der Waals surface area contributed by atoms with E-state index in [0.29, 0.717) is 0 Å². The fourth-order valence-corrected chi connectivity index (χ4v) is 1.57.